The van der Waals surface area contributed by atoms with Crippen LogP contribution in [0.5, 0.6) is 5.88 Å². The number of fused-ring (bicyclic) bond motifs is 1. The number of ether oxygens (including phenoxy) is 2. The minimum Gasteiger partial charge on any atom is -0.481 e. The maximum absolute atomic E-state index is 14.1. The SMILES string of the molecule is CCOc1ncc(-c2cc(N(C)CC3(COC)CCCCC3)c3[nH]c(-c4ccc(N5CCN(CCCC(=O)O)CC5)cc4)nc3n2)cc1C(F)(F)F. The molecular formula is C38H48F3N7O4. The third-order valence-electron chi connectivity index (χ3n) is 10.3. The number of nitrogens with one attached hydrogen (secondary N) is 1. The van der Waals surface area contributed by atoms with Crippen LogP contribution in [0.25, 0.3) is 33.8 Å². The molecule has 2 N–H and O–H groups in total. The highest BCUT2D eigenvalue weighted by Crippen LogP contribution is 2.41. The Kier molecular flexibility index (Phi) is 11.5. The summed E-state index contributed by atoms with van der Waals surface area (Å²) >= 11 is 0. The molecule has 4 heterocycles. The summed E-state index contributed by atoms with van der Waals surface area (Å²) in [6, 6.07) is 11.0. The van der Waals surface area contributed by atoms with E-state index in [-0.39, 0.29) is 24.0 Å². The third-order valence-corrected chi connectivity index (χ3v) is 10.3. The Labute approximate surface area is 302 Å². The van der Waals surface area contributed by atoms with Gasteiger partial charge in [0.1, 0.15) is 16.9 Å². The number of halogens is 3. The number of piperazine rings is 1. The van der Waals surface area contributed by atoms with Crippen LogP contribution >= 0.6 is 0 Å². The van der Waals surface area contributed by atoms with Crippen LogP contribution in [0.15, 0.2) is 42.6 Å². The highest BCUT2D eigenvalue weighted by Gasteiger charge is 2.37. The zero-order valence-electron chi connectivity index (χ0n) is 30.1. The zero-order valence-corrected chi connectivity index (χ0v) is 30.1. The second-order valence-electron chi connectivity index (χ2n) is 14.0. The molecule has 1 saturated heterocycles. The lowest BCUT2D eigenvalue weighted by molar-refractivity contribution is -0.139. The molecule has 6 rings (SSSR count). The molecule has 0 unspecified atom stereocenters. The molecule has 52 heavy (non-hydrogen) atoms. The van der Waals surface area contributed by atoms with Gasteiger partial charge in [-0.25, -0.2) is 15.0 Å². The molecule has 1 aromatic carbocycles. The number of nitrogens with zero attached hydrogens (tertiary/aromatic N) is 6. The monoisotopic (exact) mass is 723 g/mol. The molecule has 0 atom stereocenters. The van der Waals surface area contributed by atoms with Gasteiger partial charge in [0, 0.05) is 81.7 Å². The van der Waals surface area contributed by atoms with E-state index in [4.69, 9.17) is 24.5 Å². The van der Waals surface area contributed by atoms with Crippen LogP contribution in [0.3, 0.4) is 0 Å². The van der Waals surface area contributed by atoms with Crippen molar-refractivity contribution in [3.63, 3.8) is 0 Å². The highest BCUT2D eigenvalue weighted by molar-refractivity contribution is 5.91. The quantitative estimate of drug-likeness (QED) is 0.139. The summed E-state index contributed by atoms with van der Waals surface area (Å²) in [5, 5.41) is 8.94. The molecule has 2 aliphatic rings. The number of H-pyrrole nitrogens is 1. The number of aromatic amines is 1. The standard InChI is InChI=1S/C38H48F3N7O4/c1-4-52-36-29(38(39,40)41)21-27(23-42-36)30-22-31(46(2)24-37(25-51-3)14-6-5-7-15-37)33-35(43-30)45-34(44-33)26-10-12-28(13-11-26)48-19-17-47(18-20-48)16-8-9-32(49)50/h10-13,21-23H,4-9,14-20,24-25H2,1-3H3,(H,49,50)(H,43,44,45). The minimum atomic E-state index is -4.66. The predicted molar refractivity (Wildman–Crippen MR) is 195 cm³/mol. The molecule has 0 amide bonds. The molecule has 0 bridgehead atoms. The van der Waals surface area contributed by atoms with Crippen LogP contribution < -0.4 is 14.5 Å². The van der Waals surface area contributed by atoms with E-state index < -0.39 is 23.6 Å². The molecule has 0 radical (unpaired) electrons. The van der Waals surface area contributed by atoms with Crippen molar-refractivity contribution in [3.8, 4) is 28.5 Å². The molecule has 4 aromatic rings. The van der Waals surface area contributed by atoms with Crippen molar-refractivity contribution >= 4 is 28.5 Å². The number of aliphatic carboxylic acids is 1. The zero-order chi connectivity index (χ0) is 36.9. The van der Waals surface area contributed by atoms with Gasteiger partial charge >= 0.3 is 12.1 Å². The number of carbonyl (C=O) groups is 1. The van der Waals surface area contributed by atoms with Crippen LogP contribution in [0.2, 0.25) is 0 Å². The summed E-state index contributed by atoms with van der Waals surface area (Å²) in [7, 11) is 3.73. The van der Waals surface area contributed by atoms with E-state index in [2.05, 4.69) is 36.8 Å². The first-order valence-electron chi connectivity index (χ1n) is 18.1. The average molecular weight is 724 g/mol. The topological polar surface area (TPSA) is 120 Å². The van der Waals surface area contributed by atoms with Gasteiger partial charge in [0.25, 0.3) is 0 Å². The number of anilines is 2. The second-order valence-corrected chi connectivity index (χ2v) is 14.0. The number of alkyl halides is 3. The smallest absolute Gasteiger partial charge is 0.421 e. The third kappa shape index (κ3) is 8.60. The van der Waals surface area contributed by atoms with Gasteiger partial charge in [-0.3, -0.25) is 9.69 Å². The van der Waals surface area contributed by atoms with Gasteiger partial charge in [-0.2, -0.15) is 13.2 Å². The Hall–Kier alpha value is -4.43. The molecule has 1 aliphatic heterocycles. The number of hydrogen-bond donors (Lipinski definition) is 2. The summed E-state index contributed by atoms with van der Waals surface area (Å²) in [4.78, 5) is 34.8. The summed E-state index contributed by atoms with van der Waals surface area (Å²) in [6.45, 7) is 7.21. The number of aromatic nitrogens is 4. The average Bonchev–Trinajstić information content (AvgIpc) is 3.56. The Morgan fingerprint density at radius 2 is 1.77 bits per heavy atom. The fourth-order valence-electron chi connectivity index (χ4n) is 7.66. The van der Waals surface area contributed by atoms with Crippen molar-refractivity contribution in [1.82, 2.24) is 24.8 Å². The van der Waals surface area contributed by atoms with Gasteiger partial charge in [-0.05, 0) is 69.1 Å². The normalized spacial score (nSPS) is 16.7. The van der Waals surface area contributed by atoms with Gasteiger partial charge in [-0.1, -0.05) is 19.3 Å². The second kappa shape index (κ2) is 16.1. The number of pyridine rings is 2. The van der Waals surface area contributed by atoms with E-state index >= 15 is 0 Å². The van der Waals surface area contributed by atoms with Crippen molar-refractivity contribution < 1.29 is 32.5 Å². The van der Waals surface area contributed by atoms with Gasteiger partial charge in [0.05, 0.1) is 24.6 Å². The molecule has 3 aromatic heterocycles. The fourth-order valence-corrected chi connectivity index (χ4v) is 7.66. The number of benzene rings is 1. The van der Waals surface area contributed by atoms with Crippen molar-refractivity contribution in [3.05, 3.63) is 48.2 Å². The summed E-state index contributed by atoms with van der Waals surface area (Å²) in [6.07, 6.45) is 3.05. The van der Waals surface area contributed by atoms with E-state index in [0.29, 0.717) is 42.3 Å². The number of methoxy groups -OCH3 is 1. The van der Waals surface area contributed by atoms with Crippen LogP contribution in [-0.2, 0) is 15.7 Å². The first-order chi connectivity index (χ1) is 25.0. The van der Waals surface area contributed by atoms with Gasteiger partial charge in [0.15, 0.2) is 5.65 Å². The molecule has 2 fully saturated rings. The summed E-state index contributed by atoms with van der Waals surface area (Å²) in [5.41, 5.74) is 3.35. The van der Waals surface area contributed by atoms with Gasteiger partial charge < -0.3 is 29.4 Å². The van der Waals surface area contributed by atoms with Crippen LogP contribution in [0.4, 0.5) is 24.5 Å². The number of carboxylic acids is 1. The predicted octanol–water partition coefficient (Wildman–Crippen LogP) is 7.12. The van der Waals surface area contributed by atoms with Crippen LogP contribution in [0.1, 0.15) is 57.4 Å². The van der Waals surface area contributed by atoms with E-state index in [1.165, 1.54) is 12.6 Å². The number of imidazole rings is 1. The lowest BCUT2D eigenvalue weighted by Gasteiger charge is -2.40. The summed E-state index contributed by atoms with van der Waals surface area (Å²) < 4.78 is 53.3. The van der Waals surface area contributed by atoms with E-state index in [0.717, 1.165) is 81.4 Å². The van der Waals surface area contributed by atoms with E-state index in [9.17, 15) is 18.0 Å². The maximum Gasteiger partial charge on any atom is 0.421 e. The lowest BCUT2D eigenvalue weighted by atomic mass is 9.74. The Bertz CT molecular complexity index is 1810. The molecule has 11 nitrogen and oxygen atoms in total. The first-order valence-corrected chi connectivity index (χ1v) is 18.1. The van der Waals surface area contributed by atoms with Crippen LogP contribution in [0, 0.1) is 5.41 Å². The number of carboxylic acid groups (broad SMARTS) is 1. The molecule has 0 spiro atoms. The largest absolute Gasteiger partial charge is 0.481 e. The Morgan fingerprint density at radius 3 is 2.42 bits per heavy atom. The Morgan fingerprint density at radius 1 is 1.04 bits per heavy atom. The Balaban J connectivity index is 1.31. The molecule has 1 saturated carbocycles. The molecule has 1 aliphatic carbocycles. The van der Waals surface area contributed by atoms with Crippen molar-refractivity contribution in [2.75, 3.05) is 76.4 Å². The summed E-state index contributed by atoms with van der Waals surface area (Å²) in [5.74, 6) is -0.615. The van der Waals surface area contributed by atoms with Gasteiger partial charge in [0.2, 0.25) is 5.88 Å². The van der Waals surface area contributed by atoms with Crippen molar-refractivity contribution in [2.24, 2.45) is 5.41 Å². The van der Waals surface area contributed by atoms with Crippen molar-refractivity contribution in [2.45, 2.75) is 58.0 Å². The fraction of sp³-hybridized carbons (Fsp3) is 0.526. The van der Waals surface area contributed by atoms with Gasteiger partial charge in [-0.15, -0.1) is 0 Å². The van der Waals surface area contributed by atoms with E-state index in [1.807, 2.05) is 25.2 Å². The number of hydrogen-bond acceptors (Lipinski definition) is 9. The molecular weight excluding hydrogens is 675 g/mol. The van der Waals surface area contributed by atoms with Crippen molar-refractivity contribution in [1.29, 1.82) is 0 Å². The first kappa shape index (κ1) is 37.3. The van der Waals surface area contributed by atoms with Crippen LogP contribution in [-0.4, -0.2) is 103 Å². The lowest BCUT2D eigenvalue weighted by Crippen LogP contribution is -2.46. The molecule has 14 heteroatoms. The highest BCUT2D eigenvalue weighted by atomic mass is 19.4. The molecule has 280 valence electrons. The number of rotatable bonds is 14. The minimum absolute atomic E-state index is 0.0513. The van der Waals surface area contributed by atoms with E-state index in [1.54, 1.807) is 14.0 Å². The maximum atomic E-state index is 14.1.